The minimum Gasteiger partial charge on any atom is -0.350 e. The molecule has 0 radical (unpaired) electrons. The lowest BCUT2D eigenvalue weighted by Gasteiger charge is -2.30. The molecule has 10 heteroatoms. The van der Waals surface area contributed by atoms with Gasteiger partial charge in [-0.05, 0) is 66.7 Å². The van der Waals surface area contributed by atoms with Gasteiger partial charge in [0.2, 0.25) is 17.8 Å². The first kappa shape index (κ1) is 30.5. The molecule has 6 rings (SSSR count). The van der Waals surface area contributed by atoms with Gasteiger partial charge < -0.3 is 26.2 Å². The summed E-state index contributed by atoms with van der Waals surface area (Å²) in [5.41, 5.74) is 14.8. The van der Waals surface area contributed by atoms with Crippen molar-refractivity contribution in [1.82, 2.24) is 24.5 Å². The fourth-order valence-corrected chi connectivity index (χ4v) is 6.01. The molecule has 4 aromatic rings. The lowest BCUT2D eigenvalue weighted by Crippen LogP contribution is -2.40. The maximum Gasteiger partial charge on any atom is 0.248 e. The summed E-state index contributed by atoms with van der Waals surface area (Å²) in [7, 11) is 3.95. The molecule has 0 spiro atoms. The Morgan fingerprint density at radius 1 is 1.11 bits per heavy atom. The van der Waals surface area contributed by atoms with Gasteiger partial charge >= 0.3 is 0 Å². The van der Waals surface area contributed by atoms with Crippen LogP contribution in [0.2, 0.25) is 0 Å². The number of rotatable bonds is 10. The Morgan fingerprint density at radius 2 is 1.91 bits per heavy atom. The molecule has 45 heavy (non-hydrogen) atoms. The second-order valence-electron chi connectivity index (χ2n) is 12.5. The number of nitrogens with one attached hydrogen (secondary N) is 2. The molecule has 1 amide bonds. The molecular formula is C35H43N9O. The van der Waals surface area contributed by atoms with E-state index in [9.17, 15) is 4.79 Å². The summed E-state index contributed by atoms with van der Waals surface area (Å²) < 4.78 is 1.82. The van der Waals surface area contributed by atoms with Gasteiger partial charge in [0.1, 0.15) is 0 Å². The SMILES string of the molecule is CC(C)c1cnn2c(NCc3ccccc3C3=Cc4cccc(NC(=O)/C=C/CN(C)C)c4C3)nc(N3CCC(N)CC3)nc12. The number of amides is 1. The van der Waals surface area contributed by atoms with Gasteiger partial charge in [-0.15, -0.1) is 0 Å². The van der Waals surface area contributed by atoms with Gasteiger partial charge in [-0.3, -0.25) is 4.79 Å². The van der Waals surface area contributed by atoms with Crippen molar-refractivity contribution in [3.63, 3.8) is 0 Å². The number of carbonyl (C=O) groups excluding carboxylic acids is 1. The summed E-state index contributed by atoms with van der Waals surface area (Å²) in [5, 5.41) is 11.4. The number of nitrogens with two attached hydrogens (primary N) is 1. The third-order valence-electron chi connectivity index (χ3n) is 8.54. The largest absolute Gasteiger partial charge is 0.350 e. The number of anilines is 3. The Labute approximate surface area is 265 Å². The Morgan fingerprint density at radius 3 is 2.69 bits per heavy atom. The molecule has 1 fully saturated rings. The van der Waals surface area contributed by atoms with Gasteiger partial charge in [0.25, 0.3) is 0 Å². The number of piperidine rings is 1. The van der Waals surface area contributed by atoms with Gasteiger partial charge in [0.15, 0.2) is 5.65 Å². The van der Waals surface area contributed by atoms with E-state index >= 15 is 0 Å². The van der Waals surface area contributed by atoms with E-state index in [1.165, 1.54) is 11.1 Å². The quantitative estimate of drug-likeness (QED) is 0.218. The molecule has 3 heterocycles. The van der Waals surface area contributed by atoms with Crippen LogP contribution >= 0.6 is 0 Å². The van der Waals surface area contributed by atoms with Crippen LogP contribution in [-0.2, 0) is 17.8 Å². The first-order valence-electron chi connectivity index (χ1n) is 15.8. The van der Waals surface area contributed by atoms with Crippen molar-refractivity contribution in [3.8, 4) is 0 Å². The number of hydrogen-bond acceptors (Lipinski definition) is 8. The second kappa shape index (κ2) is 13.2. The van der Waals surface area contributed by atoms with E-state index in [1.807, 2.05) is 47.9 Å². The molecule has 234 valence electrons. The highest BCUT2D eigenvalue weighted by Crippen LogP contribution is 2.37. The smallest absolute Gasteiger partial charge is 0.248 e. The second-order valence-corrected chi connectivity index (χ2v) is 12.5. The Hall–Kier alpha value is -4.54. The molecule has 0 unspecified atom stereocenters. The molecule has 0 bridgehead atoms. The average Bonchev–Trinajstić information content (AvgIpc) is 3.66. The van der Waals surface area contributed by atoms with Gasteiger partial charge in [-0.25, -0.2) is 0 Å². The van der Waals surface area contributed by atoms with E-state index in [2.05, 4.69) is 70.9 Å². The molecular weight excluding hydrogens is 562 g/mol. The number of likely N-dealkylation sites (N-methyl/N-ethyl adjacent to an activating group) is 1. The third-order valence-corrected chi connectivity index (χ3v) is 8.54. The van der Waals surface area contributed by atoms with E-state index in [0.717, 1.165) is 65.9 Å². The zero-order valence-electron chi connectivity index (χ0n) is 26.6. The van der Waals surface area contributed by atoms with Crippen molar-refractivity contribution in [2.45, 2.75) is 51.6 Å². The maximum atomic E-state index is 12.6. The Balaban J connectivity index is 1.23. The molecule has 1 aliphatic heterocycles. The van der Waals surface area contributed by atoms with Gasteiger partial charge in [-0.1, -0.05) is 62.4 Å². The third kappa shape index (κ3) is 6.77. The lowest BCUT2D eigenvalue weighted by atomic mass is 9.97. The summed E-state index contributed by atoms with van der Waals surface area (Å²) in [4.78, 5) is 26.8. The van der Waals surface area contributed by atoms with Crippen molar-refractivity contribution < 1.29 is 4.79 Å². The summed E-state index contributed by atoms with van der Waals surface area (Å²) in [6.07, 6.45) is 10.2. The van der Waals surface area contributed by atoms with E-state index in [1.54, 1.807) is 6.08 Å². The summed E-state index contributed by atoms with van der Waals surface area (Å²) in [6.45, 7) is 7.28. The lowest BCUT2D eigenvalue weighted by molar-refractivity contribution is -0.111. The standard InChI is InChI=1S/C35H43N9O/c1-23(2)30-22-38-44-33(30)40-35(43-17-14-27(36)15-18-43)41-34(44)37-21-25-9-5-6-11-28(25)26-19-24-10-7-12-31(29(24)20-26)39-32(45)13-8-16-42(3)4/h5-13,19,22-23,27H,14-18,20-21,36H2,1-4H3,(H,39,45)(H,37,40,41)/b13-8+. The van der Waals surface area contributed by atoms with Crippen molar-refractivity contribution in [3.05, 3.63) is 88.6 Å². The predicted molar refractivity (Wildman–Crippen MR) is 182 cm³/mol. The van der Waals surface area contributed by atoms with Crippen LogP contribution < -0.4 is 21.3 Å². The summed E-state index contributed by atoms with van der Waals surface area (Å²) in [5.74, 6) is 1.55. The first-order valence-corrected chi connectivity index (χ1v) is 15.8. The number of carbonyl (C=O) groups is 1. The van der Waals surface area contributed by atoms with Crippen LogP contribution in [0.1, 0.15) is 60.4 Å². The minimum atomic E-state index is -0.120. The highest BCUT2D eigenvalue weighted by atomic mass is 16.1. The zero-order valence-corrected chi connectivity index (χ0v) is 26.6. The van der Waals surface area contributed by atoms with Crippen molar-refractivity contribution in [2.24, 2.45) is 5.73 Å². The van der Waals surface area contributed by atoms with E-state index < -0.39 is 0 Å². The number of hydrogen-bond donors (Lipinski definition) is 3. The highest BCUT2D eigenvalue weighted by Gasteiger charge is 2.23. The van der Waals surface area contributed by atoms with Crippen molar-refractivity contribution in [2.75, 3.05) is 49.3 Å². The van der Waals surface area contributed by atoms with Crippen LogP contribution in [0.4, 0.5) is 17.6 Å². The van der Waals surface area contributed by atoms with Crippen LogP contribution in [0.25, 0.3) is 17.3 Å². The van der Waals surface area contributed by atoms with Crippen molar-refractivity contribution >= 4 is 40.8 Å². The molecule has 2 aliphatic rings. The molecule has 10 nitrogen and oxygen atoms in total. The van der Waals surface area contributed by atoms with Crippen LogP contribution in [0, 0.1) is 0 Å². The van der Waals surface area contributed by atoms with E-state index in [0.29, 0.717) is 25.0 Å². The van der Waals surface area contributed by atoms with Gasteiger partial charge in [-0.2, -0.15) is 19.6 Å². The maximum absolute atomic E-state index is 12.6. The molecule has 0 atom stereocenters. The fraction of sp³-hybridized carbons (Fsp3) is 0.371. The first-order chi connectivity index (χ1) is 21.8. The number of aromatic nitrogens is 4. The number of benzene rings is 2. The molecule has 2 aromatic carbocycles. The Bertz CT molecular complexity index is 1750. The summed E-state index contributed by atoms with van der Waals surface area (Å²) >= 11 is 0. The highest BCUT2D eigenvalue weighted by molar-refractivity contribution is 6.01. The van der Waals surface area contributed by atoms with Crippen LogP contribution in [0.3, 0.4) is 0 Å². The Kier molecular flexibility index (Phi) is 8.95. The van der Waals surface area contributed by atoms with E-state index in [-0.39, 0.29) is 17.9 Å². The fourth-order valence-electron chi connectivity index (χ4n) is 6.01. The van der Waals surface area contributed by atoms with Gasteiger partial charge in [0, 0.05) is 56.0 Å². The molecule has 0 saturated carbocycles. The van der Waals surface area contributed by atoms with Gasteiger partial charge in [0.05, 0.1) is 6.20 Å². The van der Waals surface area contributed by atoms with Crippen LogP contribution in [0.5, 0.6) is 0 Å². The topological polar surface area (TPSA) is 117 Å². The molecule has 1 aliphatic carbocycles. The molecule has 2 aromatic heterocycles. The zero-order chi connectivity index (χ0) is 31.5. The number of nitrogens with zero attached hydrogens (tertiary/aromatic N) is 6. The number of fused-ring (bicyclic) bond motifs is 2. The van der Waals surface area contributed by atoms with E-state index in [4.69, 9.17) is 15.7 Å². The van der Waals surface area contributed by atoms with Crippen LogP contribution in [0.15, 0.2) is 60.8 Å². The summed E-state index contributed by atoms with van der Waals surface area (Å²) in [6, 6.07) is 14.8. The normalized spacial score (nSPS) is 15.4. The average molecular weight is 606 g/mol. The predicted octanol–water partition coefficient (Wildman–Crippen LogP) is 4.94. The minimum absolute atomic E-state index is 0.120. The monoisotopic (exact) mass is 605 g/mol. The van der Waals surface area contributed by atoms with Crippen molar-refractivity contribution in [1.29, 1.82) is 0 Å². The molecule has 4 N–H and O–H groups in total. The molecule has 1 saturated heterocycles. The number of allylic oxidation sites excluding steroid dienone is 1. The van der Waals surface area contributed by atoms with Crippen LogP contribution in [-0.4, -0.2) is 70.2 Å².